The van der Waals surface area contributed by atoms with E-state index < -0.39 is 0 Å². The fourth-order valence-electron chi connectivity index (χ4n) is 8.91. The summed E-state index contributed by atoms with van der Waals surface area (Å²) in [6.45, 7) is 0. The molecule has 0 unspecified atom stereocenters. The standard InChI is InChI=1S/C50H28O2S/c1-2-13-29(14-3-1)40-28-53-50-36(40)25-26-43-48(50)47-38(22-12-24-42(47)51-43)44-32-17-6-8-19-34(32)45(35-20-9-7-18-33(35)44)39-27-30-15-4-5-16-31(30)46-37-21-10-11-23-41(37)52-49(39)46/h1-28H. The van der Waals surface area contributed by atoms with Gasteiger partial charge >= 0.3 is 0 Å². The third-order valence-corrected chi connectivity index (χ3v) is 12.1. The molecule has 0 aliphatic heterocycles. The van der Waals surface area contributed by atoms with E-state index in [0.29, 0.717) is 0 Å². The Labute approximate surface area is 307 Å². The molecule has 3 aromatic heterocycles. The molecule has 0 fully saturated rings. The highest BCUT2D eigenvalue weighted by Crippen LogP contribution is 2.51. The topological polar surface area (TPSA) is 26.3 Å². The van der Waals surface area contributed by atoms with Crippen LogP contribution in [0.4, 0.5) is 0 Å². The van der Waals surface area contributed by atoms with Crippen molar-refractivity contribution in [3.8, 4) is 33.4 Å². The lowest BCUT2D eigenvalue weighted by molar-refractivity contribution is 0.669. The molecule has 12 aromatic rings. The van der Waals surface area contributed by atoms with E-state index in [-0.39, 0.29) is 0 Å². The molecule has 0 amide bonds. The average molecular weight is 693 g/mol. The summed E-state index contributed by atoms with van der Waals surface area (Å²) in [5, 5.41) is 15.4. The third kappa shape index (κ3) is 4.03. The van der Waals surface area contributed by atoms with Crippen molar-refractivity contribution < 1.29 is 8.83 Å². The summed E-state index contributed by atoms with van der Waals surface area (Å²) in [6.07, 6.45) is 0. The van der Waals surface area contributed by atoms with E-state index in [9.17, 15) is 0 Å². The number of furan rings is 2. The van der Waals surface area contributed by atoms with E-state index in [2.05, 4.69) is 169 Å². The molecule has 3 heterocycles. The maximum atomic E-state index is 6.82. The average Bonchev–Trinajstić information content (AvgIpc) is 3.94. The number of thiophene rings is 1. The van der Waals surface area contributed by atoms with Gasteiger partial charge in [-0.25, -0.2) is 0 Å². The van der Waals surface area contributed by atoms with Crippen molar-refractivity contribution >= 4 is 97.6 Å². The molecule has 0 saturated heterocycles. The number of rotatable bonds is 3. The predicted octanol–water partition coefficient (Wildman–Crippen LogP) is 15.2. The van der Waals surface area contributed by atoms with E-state index in [1.165, 1.54) is 75.6 Å². The summed E-state index contributed by atoms with van der Waals surface area (Å²) in [4.78, 5) is 0. The molecular weight excluding hydrogens is 665 g/mol. The molecule has 0 aliphatic rings. The Morgan fingerprint density at radius 3 is 1.72 bits per heavy atom. The van der Waals surface area contributed by atoms with Gasteiger partial charge in [-0.3, -0.25) is 0 Å². The lowest BCUT2D eigenvalue weighted by Crippen LogP contribution is -1.92. The third-order valence-electron chi connectivity index (χ3n) is 11.1. The van der Waals surface area contributed by atoms with Gasteiger partial charge in [-0.15, -0.1) is 11.3 Å². The highest BCUT2D eigenvalue weighted by atomic mass is 32.1. The van der Waals surface area contributed by atoms with Crippen LogP contribution >= 0.6 is 11.3 Å². The first-order valence-electron chi connectivity index (χ1n) is 18.0. The first-order valence-corrected chi connectivity index (χ1v) is 18.9. The summed E-state index contributed by atoms with van der Waals surface area (Å²) in [5.74, 6) is 0. The van der Waals surface area contributed by atoms with E-state index in [0.717, 1.165) is 44.1 Å². The lowest BCUT2D eigenvalue weighted by atomic mass is 9.84. The molecule has 0 atom stereocenters. The molecule has 0 saturated carbocycles. The minimum atomic E-state index is 0.899. The zero-order valence-corrected chi connectivity index (χ0v) is 29.2. The van der Waals surface area contributed by atoms with Crippen molar-refractivity contribution in [1.82, 2.24) is 0 Å². The maximum absolute atomic E-state index is 6.82. The van der Waals surface area contributed by atoms with Crippen molar-refractivity contribution in [3.63, 3.8) is 0 Å². The van der Waals surface area contributed by atoms with Gasteiger partial charge in [0.1, 0.15) is 22.3 Å². The largest absolute Gasteiger partial charge is 0.456 e. The normalized spacial score (nSPS) is 12.2. The lowest BCUT2D eigenvalue weighted by Gasteiger charge is -2.19. The monoisotopic (exact) mass is 692 g/mol. The highest BCUT2D eigenvalue weighted by Gasteiger charge is 2.24. The number of fused-ring (bicyclic) bond motifs is 12. The molecular formula is C50H28O2S. The van der Waals surface area contributed by atoms with Gasteiger partial charge in [0.15, 0.2) is 0 Å². The molecule has 3 heteroatoms. The maximum Gasteiger partial charge on any atom is 0.143 e. The Morgan fingerprint density at radius 2 is 0.962 bits per heavy atom. The van der Waals surface area contributed by atoms with Crippen molar-refractivity contribution in [3.05, 3.63) is 169 Å². The van der Waals surface area contributed by atoms with Crippen LogP contribution in [-0.2, 0) is 0 Å². The first-order chi connectivity index (χ1) is 26.3. The van der Waals surface area contributed by atoms with Gasteiger partial charge in [0.05, 0.1) is 0 Å². The Morgan fingerprint density at radius 1 is 0.358 bits per heavy atom. The predicted molar refractivity (Wildman–Crippen MR) is 225 cm³/mol. The second kappa shape index (κ2) is 10.9. The second-order valence-electron chi connectivity index (χ2n) is 13.9. The van der Waals surface area contributed by atoms with Gasteiger partial charge in [0.25, 0.3) is 0 Å². The molecule has 0 aliphatic carbocycles. The van der Waals surface area contributed by atoms with E-state index in [1.54, 1.807) is 11.3 Å². The SMILES string of the molecule is c1ccc(-c2csc3c2ccc2oc4cccc(-c5c6ccccc6c(-c6cc7ccccc7c7c6oc6ccccc67)c6ccccc56)c4c23)cc1. The molecule has 9 aromatic carbocycles. The molecule has 0 N–H and O–H groups in total. The van der Waals surface area contributed by atoms with Gasteiger partial charge in [-0.05, 0) is 84.7 Å². The summed E-state index contributed by atoms with van der Waals surface area (Å²) >= 11 is 1.80. The summed E-state index contributed by atoms with van der Waals surface area (Å²) in [6, 6.07) is 58.8. The molecule has 12 rings (SSSR count). The quantitative estimate of drug-likeness (QED) is 0.172. The van der Waals surface area contributed by atoms with Crippen LogP contribution in [0.2, 0.25) is 0 Å². The minimum Gasteiger partial charge on any atom is -0.456 e. The molecule has 0 radical (unpaired) electrons. The van der Waals surface area contributed by atoms with Crippen LogP contribution in [0.25, 0.3) is 120 Å². The summed E-state index contributed by atoms with van der Waals surface area (Å²) in [5.41, 5.74) is 10.8. The summed E-state index contributed by atoms with van der Waals surface area (Å²) in [7, 11) is 0. The first kappa shape index (κ1) is 29.0. The Kier molecular flexibility index (Phi) is 5.96. The van der Waals surface area contributed by atoms with Gasteiger partial charge in [0, 0.05) is 48.3 Å². The zero-order valence-electron chi connectivity index (χ0n) is 28.4. The van der Waals surface area contributed by atoms with E-state index >= 15 is 0 Å². The molecule has 53 heavy (non-hydrogen) atoms. The fraction of sp³-hybridized carbons (Fsp3) is 0. The van der Waals surface area contributed by atoms with E-state index in [4.69, 9.17) is 8.83 Å². The smallest absolute Gasteiger partial charge is 0.143 e. The number of hydrogen-bond acceptors (Lipinski definition) is 3. The van der Waals surface area contributed by atoms with Crippen LogP contribution < -0.4 is 0 Å². The Balaban J connectivity index is 1.22. The Bertz CT molecular complexity index is 3390. The van der Waals surface area contributed by atoms with Crippen molar-refractivity contribution in [2.75, 3.05) is 0 Å². The second-order valence-corrected chi connectivity index (χ2v) is 14.8. The molecule has 0 bridgehead atoms. The fourth-order valence-corrected chi connectivity index (χ4v) is 10.0. The van der Waals surface area contributed by atoms with Crippen LogP contribution in [0.1, 0.15) is 0 Å². The van der Waals surface area contributed by atoms with Crippen molar-refractivity contribution in [2.45, 2.75) is 0 Å². The number of benzene rings is 9. The number of hydrogen-bond donors (Lipinski definition) is 0. The highest BCUT2D eigenvalue weighted by molar-refractivity contribution is 7.19. The van der Waals surface area contributed by atoms with Crippen LogP contribution in [0.15, 0.2) is 178 Å². The number of para-hydroxylation sites is 1. The Hall–Kier alpha value is -6.68. The van der Waals surface area contributed by atoms with E-state index in [1.807, 2.05) is 0 Å². The van der Waals surface area contributed by atoms with Gasteiger partial charge in [-0.2, -0.15) is 0 Å². The molecule has 2 nitrogen and oxygen atoms in total. The van der Waals surface area contributed by atoms with Crippen LogP contribution in [-0.4, -0.2) is 0 Å². The van der Waals surface area contributed by atoms with Gasteiger partial charge < -0.3 is 8.83 Å². The van der Waals surface area contributed by atoms with Crippen molar-refractivity contribution in [2.24, 2.45) is 0 Å². The van der Waals surface area contributed by atoms with Crippen molar-refractivity contribution in [1.29, 1.82) is 0 Å². The minimum absolute atomic E-state index is 0.899. The summed E-state index contributed by atoms with van der Waals surface area (Å²) < 4.78 is 14.7. The van der Waals surface area contributed by atoms with Crippen LogP contribution in [0, 0.1) is 0 Å². The molecule has 246 valence electrons. The zero-order chi connectivity index (χ0) is 34.6. The van der Waals surface area contributed by atoms with Crippen LogP contribution in [0.5, 0.6) is 0 Å². The van der Waals surface area contributed by atoms with Crippen LogP contribution in [0.3, 0.4) is 0 Å². The van der Waals surface area contributed by atoms with Gasteiger partial charge in [0.2, 0.25) is 0 Å². The van der Waals surface area contributed by atoms with Gasteiger partial charge in [-0.1, -0.05) is 133 Å². The molecule has 0 spiro atoms.